The first-order valence-corrected chi connectivity index (χ1v) is 7.06. The molecule has 0 radical (unpaired) electrons. The second-order valence-electron chi connectivity index (χ2n) is 5.08. The quantitative estimate of drug-likeness (QED) is 0.780. The lowest BCUT2D eigenvalue weighted by Gasteiger charge is -2.17. The zero-order chi connectivity index (χ0) is 15.1. The van der Waals surface area contributed by atoms with E-state index in [0.29, 0.717) is 12.5 Å². The Labute approximate surface area is 121 Å². The van der Waals surface area contributed by atoms with Crippen molar-refractivity contribution in [1.29, 1.82) is 0 Å². The summed E-state index contributed by atoms with van der Waals surface area (Å²) >= 11 is 0. The summed E-state index contributed by atoms with van der Waals surface area (Å²) in [6.45, 7) is 8.71. The number of ether oxygens (including phenoxy) is 2. The Kier molecular flexibility index (Phi) is 6.52. The zero-order valence-corrected chi connectivity index (χ0v) is 13.0. The summed E-state index contributed by atoms with van der Waals surface area (Å²) in [4.78, 5) is 11.7. The van der Waals surface area contributed by atoms with E-state index in [2.05, 4.69) is 25.2 Å². The first-order valence-electron chi connectivity index (χ1n) is 7.06. The molecule has 1 atom stereocenters. The van der Waals surface area contributed by atoms with Crippen molar-refractivity contribution in [3.05, 3.63) is 29.3 Å². The second kappa shape index (κ2) is 7.90. The molecular weight excluding hydrogens is 254 g/mol. The Morgan fingerprint density at radius 2 is 2.05 bits per heavy atom. The van der Waals surface area contributed by atoms with Crippen molar-refractivity contribution >= 4 is 5.97 Å². The van der Waals surface area contributed by atoms with E-state index in [9.17, 15) is 4.79 Å². The van der Waals surface area contributed by atoms with Crippen molar-refractivity contribution in [2.24, 2.45) is 0 Å². The van der Waals surface area contributed by atoms with Crippen LogP contribution in [0.2, 0.25) is 0 Å². The molecule has 0 aromatic heterocycles. The minimum Gasteiger partial charge on any atom is -0.491 e. The highest BCUT2D eigenvalue weighted by Gasteiger charge is 2.18. The van der Waals surface area contributed by atoms with E-state index in [1.165, 1.54) is 5.56 Å². The van der Waals surface area contributed by atoms with E-state index in [1.54, 1.807) is 14.0 Å². The van der Waals surface area contributed by atoms with Gasteiger partial charge in [0.2, 0.25) is 0 Å². The zero-order valence-electron chi connectivity index (χ0n) is 13.0. The van der Waals surface area contributed by atoms with Crippen LogP contribution in [-0.2, 0) is 9.53 Å². The van der Waals surface area contributed by atoms with Crippen LogP contribution >= 0.6 is 0 Å². The lowest BCUT2D eigenvalue weighted by molar-refractivity contribution is -0.146. The number of hydrogen-bond acceptors (Lipinski definition) is 4. The minimum atomic E-state index is -0.447. The van der Waals surface area contributed by atoms with Gasteiger partial charge in [0.15, 0.2) is 0 Å². The van der Waals surface area contributed by atoms with Crippen LogP contribution in [0.4, 0.5) is 0 Å². The highest BCUT2D eigenvalue weighted by molar-refractivity contribution is 5.75. The van der Waals surface area contributed by atoms with Gasteiger partial charge in [0.25, 0.3) is 0 Å². The highest BCUT2D eigenvalue weighted by atomic mass is 16.5. The summed E-state index contributed by atoms with van der Waals surface area (Å²) in [6.07, 6.45) is 0. The van der Waals surface area contributed by atoms with E-state index >= 15 is 0 Å². The smallest absolute Gasteiger partial charge is 0.326 e. The van der Waals surface area contributed by atoms with Crippen LogP contribution in [0.3, 0.4) is 0 Å². The van der Waals surface area contributed by atoms with Gasteiger partial charge >= 0.3 is 5.97 Å². The van der Waals surface area contributed by atoms with Crippen LogP contribution < -0.4 is 10.1 Å². The summed E-state index contributed by atoms with van der Waals surface area (Å²) in [5.41, 5.74) is 2.29. The molecule has 0 aliphatic rings. The molecule has 0 amide bonds. The molecule has 20 heavy (non-hydrogen) atoms. The number of likely N-dealkylation sites (N-methyl/N-ethyl adjacent to an activating group) is 1. The van der Waals surface area contributed by atoms with Crippen molar-refractivity contribution < 1.29 is 14.3 Å². The van der Waals surface area contributed by atoms with Crippen molar-refractivity contribution in [1.82, 2.24) is 5.32 Å². The monoisotopic (exact) mass is 279 g/mol. The maximum atomic E-state index is 11.7. The lowest BCUT2D eigenvalue weighted by atomic mass is 10.0. The topological polar surface area (TPSA) is 47.6 Å². The second-order valence-corrected chi connectivity index (χ2v) is 5.08. The van der Waals surface area contributed by atoms with Crippen LogP contribution in [-0.4, -0.2) is 32.3 Å². The van der Waals surface area contributed by atoms with Gasteiger partial charge in [-0.1, -0.05) is 26.0 Å². The van der Waals surface area contributed by atoms with Crippen molar-refractivity contribution in [2.75, 3.05) is 20.3 Å². The number of rotatable bonds is 7. The molecule has 4 heteroatoms. The van der Waals surface area contributed by atoms with Gasteiger partial charge in [0.05, 0.1) is 6.61 Å². The molecule has 0 saturated carbocycles. The largest absolute Gasteiger partial charge is 0.491 e. The molecule has 112 valence electrons. The van der Waals surface area contributed by atoms with Crippen molar-refractivity contribution in [3.63, 3.8) is 0 Å². The Bertz CT molecular complexity index is 443. The molecule has 0 bridgehead atoms. The summed E-state index contributed by atoms with van der Waals surface area (Å²) in [5.74, 6) is 0.983. The Balaban J connectivity index is 2.72. The van der Waals surface area contributed by atoms with Gasteiger partial charge in [0.1, 0.15) is 18.4 Å². The molecule has 1 aromatic carbocycles. The van der Waals surface area contributed by atoms with Crippen molar-refractivity contribution in [2.45, 2.75) is 39.7 Å². The maximum Gasteiger partial charge on any atom is 0.326 e. The first-order chi connectivity index (χ1) is 9.49. The van der Waals surface area contributed by atoms with Crippen LogP contribution in [0.1, 0.15) is 37.8 Å². The van der Waals surface area contributed by atoms with E-state index in [-0.39, 0.29) is 12.6 Å². The van der Waals surface area contributed by atoms with Gasteiger partial charge < -0.3 is 14.8 Å². The number of benzene rings is 1. The molecule has 0 saturated heterocycles. The van der Waals surface area contributed by atoms with Gasteiger partial charge in [0, 0.05) is 0 Å². The molecule has 1 rings (SSSR count). The predicted octanol–water partition coefficient (Wildman–Crippen LogP) is 2.65. The third-order valence-corrected chi connectivity index (χ3v) is 3.20. The van der Waals surface area contributed by atoms with Gasteiger partial charge in [-0.25, -0.2) is 0 Å². The number of esters is 1. The summed E-state index contributed by atoms with van der Waals surface area (Å²) in [6, 6.07) is 5.74. The Hall–Kier alpha value is -1.55. The number of carbonyl (C=O) groups is 1. The molecule has 0 aliphatic heterocycles. The molecule has 0 aliphatic carbocycles. The van der Waals surface area contributed by atoms with E-state index in [1.807, 2.05) is 19.1 Å². The van der Waals surface area contributed by atoms with Gasteiger partial charge in [-0.3, -0.25) is 4.79 Å². The van der Waals surface area contributed by atoms with Crippen molar-refractivity contribution in [3.8, 4) is 5.75 Å². The van der Waals surface area contributed by atoms with E-state index in [4.69, 9.17) is 9.47 Å². The van der Waals surface area contributed by atoms with Crippen LogP contribution in [0.5, 0.6) is 5.75 Å². The number of carbonyl (C=O) groups excluding carboxylic acids is 1. The van der Waals surface area contributed by atoms with Gasteiger partial charge in [-0.15, -0.1) is 0 Å². The summed E-state index contributed by atoms with van der Waals surface area (Å²) in [7, 11) is 1.72. The standard InChI is InChI=1S/C16H25NO3/c1-6-19-16(18)14(17-5)10-20-15-9-13(11(2)3)8-7-12(15)4/h7-9,11,14,17H,6,10H2,1-5H3. The number of hydrogen-bond donors (Lipinski definition) is 1. The fourth-order valence-corrected chi connectivity index (χ4v) is 1.82. The molecule has 0 fully saturated rings. The van der Waals surface area contributed by atoms with Gasteiger partial charge in [-0.05, 0) is 44.0 Å². The molecule has 1 unspecified atom stereocenters. The lowest BCUT2D eigenvalue weighted by Crippen LogP contribution is -2.40. The Morgan fingerprint density at radius 1 is 1.35 bits per heavy atom. The molecule has 4 nitrogen and oxygen atoms in total. The SMILES string of the molecule is CCOC(=O)C(COc1cc(C(C)C)ccc1C)NC. The third-order valence-electron chi connectivity index (χ3n) is 3.20. The summed E-state index contributed by atoms with van der Waals surface area (Å²) < 4.78 is 10.8. The number of aryl methyl sites for hydroxylation is 1. The van der Waals surface area contributed by atoms with E-state index < -0.39 is 6.04 Å². The minimum absolute atomic E-state index is 0.262. The fraction of sp³-hybridized carbons (Fsp3) is 0.562. The predicted molar refractivity (Wildman–Crippen MR) is 80.2 cm³/mol. The van der Waals surface area contributed by atoms with Crippen LogP contribution in [0.25, 0.3) is 0 Å². The fourth-order valence-electron chi connectivity index (χ4n) is 1.82. The van der Waals surface area contributed by atoms with Crippen LogP contribution in [0, 0.1) is 6.92 Å². The van der Waals surface area contributed by atoms with Crippen LogP contribution in [0.15, 0.2) is 18.2 Å². The van der Waals surface area contributed by atoms with Gasteiger partial charge in [-0.2, -0.15) is 0 Å². The molecule has 1 N–H and O–H groups in total. The normalized spacial score (nSPS) is 12.3. The number of nitrogens with one attached hydrogen (secondary N) is 1. The first kappa shape index (κ1) is 16.5. The Morgan fingerprint density at radius 3 is 2.60 bits per heavy atom. The average molecular weight is 279 g/mol. The van der Waals surface area contributed by atoms with E-state index in [0.717, 1.165) is 11.3 Å². The summed E-state index contributed by atoms with van der Waals surface area (Å²) in [5, 5.41) is 2.91. The molecule has 1 aromatic rings. The molecule has 0 spiro atoms. The maximum absolute atomic E-state index is 11.7. The average Bonchev–Trinajstić information content (AvgIpc) is 2.41. The molecule has 0 heterocycles. The molecular formula is C16H25NO3. The highest BCUT2D eigenvalue weighted by Crippen LogP contribution is 2.24. The third kappa shape index (κ3) is 4.53.